The van der Waals surface area contributed by atoms with Crippen LogP contribution in [0.15, 0.2) is 23.1 Å². The Hall–Kier alpha value is -0.370. The second-order valence-electron chi connectivity index (χ2n) is 3.89. The highest BCUT2D eigenvalue weighted by molar-refractivity contribution is 7.89. The van der Waals surface area contributed by atoms with Crippen LogP contribution in [0.1, 0.15) is 6.42 Å². The maximum Gasteiger partial charge on any atom is 0.241 e. The number of methoxy groups -OCH3 is 1. The lowest BCUT2D eigenvalue weighted by Crippen LogP contribution is -2.38. The van der Waals surface area contributed by atoms with E-state index in [1.54, 1.807) is 0 Å². The molecule has 0 aliphatic carbocycles. The molecule has 0 amide bonds. The molecule has 0 saturated heterocycles. The van der Waals surface area contributed by atoms with Crippen molar-refractivity contribution in [2.45, 2.75) is 17.4 Å². The van der Waals surface area contributed by atoms with Crippen LogP contribution in [0.2, 0.25) is 10.0 Å². The van der Waals surface area contributed by atoms with E-state index in [0.29, 0.717) is 0 Å². The van der Waals surface area contributed by atoms with Gasteiger partial charge in [0.1, 0.15) is 0 Å². The van der Waals surface area contributed by atoms with Gasteiger partial charge in [0.15, 0.2) is 0 Å². The fourth-order valence-corrected chi connectivity index (χ4v) is 3.48. The Bertz CT molecular complexity index is 495. The summed E-state index contributed by atoms with van der Waals surface area (Å²) in [5, 5.41) is 9.36. The number of ether oxygens (including phenoxy) is 1. The number of aliphatic hydroxyl groups excluding tert-OH is 1. The molecule has 0 aliphatic heterocycles. The molecule has 1 unspecified atom stereocenters. The van der Waals surface area contributed by atoms with Crippen LogP contribution in [-0.4, -0.2) is 39.9 Å². The van der Waals surface area contributed by atoms with E-state index in [1.807, 2.05) is 0 Å². The smallest absolute Gasteiger partial charge is 0.241 e. The van der Waals surface area contributed by atoms with E-state index in [2.05, 4.69) is 4.72 Å². The standard InChI is InChI=1S/C11H15Cl2NO4S/c1-18-7-10(2-3-15)14-19(16,17)11-5-8(12)4-9(13)6-11/h4-6,10,14-15H,2-3,7H2,1H3. The molecule has 0 aliphatic rings. The minimum Gasteiger partial charge on any atom is -0.396 e. The average molecular weight is 328 g/mol. The van der Waals surface area contributed by atoms with Crippen molar-refractivity contribution < 1.29 is 18.3 Å². The van der Waals surface area contributed by atoms with Gasteiger partial charge in [-0.15, -0.1) is 0 Å². The van der Waals surface area contributed by atoms with Crippen molar-refractivity contribution >= 4 is 33.2 Å². The van der Waals surface area contributed by atoms with Crippen LogP contribution in [-0.2, 0) is 14.8 Å². The Morgan fingerprint density at radius 1 is 1.32 bits per heavy atom. The number of aliphatic hydroxyl groups is 1. The van der Waals surface area contributed by atoms with Gasteiger partial charge in [0, 0.05) is 29.8 Å². The van der Waals surface area contributed by atoms with E-state index >= 15 is 0 Å². The molecule has 5 nitrogen and oxygen atoms in total. The Kier molecular flexibility index (Phi) is 6.52. The van der Waals surface area contributed by atoms with Crippen molar-refractivity contribution in [2.75, 3.05) is 20.3 Å². The molecule has 2 N–H and O–H groups in total. The molecule has 1 rings (SSSR count). The molecule has 0 aromatic heterocycles. The Labute approximate surface area is 122 Å². The maximum absolute atomic E-state index is 12.1. The lowest BCUT2D eigenvalue weighted by atomic mass is 10.2. The second-order valence-corrected chi connectivity index (χ2v) is 6.48. The molecule has 0 heterocycles. The zero-order valence-corrected chi connectivity index (χ0v) is 12.6. The average Bonchev–Trinajstić information content (AvgIpc) is 2.27. The summed E-state index contributed by atoms with van der Waals surface area (Å²) in [4.78, 5) is -0.0240. The summed E-state index contributed by atoms with van der Waals surface area (Å²) >= 11 is 11.5. The molecule has 108 valence electrons. The van der Waals surface area contributed by atoms with Gasteiger partial charge >= 0.3 is 0 Å². The lowest BCUT2D eigenvalue weighted by molar-refractivity contribution is 0.158. The van der Waals surface area contributed by atoms with Gasteiger partial charge in [-0.1, -0.05) is 23.2 Å². The number of sulfonamides is 1. The third-order valence-corrected chi connectivity index (χ3v) is 4.25. The van der Waals surface area contributed by atoms with Gasteiger partial charge in [0.25, 0.3) is 0 Å². The summed E-state index contributed by atoms with van der Waals surface area (Å²) in [6, 6.07) is 3.54. The molecule has 1 aromatic rings. The minimum atomic E-state index is -3.76. The van der Waals surface area contributed by atoms with Gasteiger partial charge < -0.3 is 9.84 Å². The number of hydrogen-bond donors (Lipinski definition) is 2. The SMILES string of the molecule is COCC(CCO)NS(=O)(=O)c1cc(Cl)cc(Cl)c1. The van der Waals surface area contributed by atoms with Crippen molar-refractivity contribution in [3.05, 3.63) is 28.2 Å². The van der Waals surface area contributed by atoms with E-state index < -0.39 is 16.1 Å². The van der Waals surface area contributed by atoms with Crippen LogP contribution in [0.3, 0.4) is 0 Å². The Balaban J connectivity index is 2.95. The molecule has 1 aromatic carbocycles. The van der Waals surface area contributed by atoms with E-state index in [4.69, 9.17) is 33.0 Å². The number of rotatable bonds is 7. The molecule has 1 atom stereocenters. The van der Waals surface area contributed by atoms with Crippen molar-refractivity contribution in [3.8, 4) is 0 Å². The quantitative estimate of drug-likeness (QED) is 0.798. The minimum absolute atomic E-state index is 0.0240. The Morgan fingerprint density at radius 3 is 2.37 bits per heavy atom. The first kappa shape index (κ1) is 16.7. The van der Waals surface area contributed by atoms with Crippen molar-refractivity contribution in [1.29, 1.82) is 0 Å². The molecule has 0 spiro atoms. The predicted molar refractivity (Wildman–Crippen MR) is 74.2 cm³/mol. The van der Waals surface area contributed by atoms with Crippen LogP contribution in [0.4, 0.5) is 0 Å². The third-order valence-electron chi connectivity index (χ3n) is 2.31. The van der Waals surface area contributed by atoms with Crippen molar-refractivity contribution in [2.24, 2.45) is 0 Å². The fraction of sp³-hybridized carbons (Fsp3) is 0.455. The van der Waals surface area contributed by atoms with Crippen LogP contribution in [0.5, 0.6) is 0 Å². The molecule has 8 heteroatoms. The van der Waals surface area contributed by atoms with Gasteiger partial charge in [0.2, 0.25) is 10.0 Å². The molecular formula is C11H15Cl2NO4S. The largest absolute Gasteiger partial charge is 0.396 e. The van der Waals surface area contributed by atoms with Crippen molar-refractivity contribution in [3.63, 3.8) is 0 Å². The van der Waals surface area contributed by atoms with E-state index in [9.17, 15) is 8.42 Å². The maximum atomic E-state index is 12.1. The lowest BCUT2D eigenvalue weighted by Gasteiger charge is -2.17. The number of hydrogen-bond acceptors (Lipinski definition) is 4. The van der Waals surface area contributed by atoms with E-state index in [0.717, 1.165) is 0 Å². The molecular weight excluding hydrogens is 313 g/mol. The number of nitrogens with one attached hydrogen (secondary N) is 1. The van der Waals surface area contributed by atoms with Crippen LogP contribution < -0.4 is 4.72 Å². The number of halogens is 2. The topological polar surface area (TPSA) is 75.6 Å². The normalized spacial score (nSPS) is 13.5. The third kappa shape index (κ3) is 5.25. The first-order valence-electron chi connectivity index (χ1n) is 5.47. The van der Waals surface area contributed by atoms with E-state index in [1.165, 1.54) is 25.3 Å². The number of benzene rings is 1. The van der Waals surface area contributed by atoms with Gasteiger partial charge in [-0.05, 0) is 24.6 Å². The van der Waals surface area contributed by atoms with Crippen molar-refractivity contribution in [1.82, 2.24) is 4.72 Å². The van der Waals surface area contributed by atoms with E-state index in [-0.39, 0.29) is 34.6 Å². The molecule has 19 heavy (non-hydrogen) atoms. The summed E-state index contributed by atoms with van der Waals surface area (Å²) in [6.45, 7) is 0.0148. The van der Waals surface area contributed by atoms with Gasteiger partial charge in [0.05, 0.1) is 11.5 Å². The summed E-state index contributed by atoms with van der Waals surface area (Å²) in [5.74, 6) is 0. The first-order valence-corrected chi connectivity index (χ1v) is 7.71. The van der Waals surface area contributed by atoms with Gasteiger partial charge in [-0.25, -0.2) is 13.1 Å². The second kappa shape index (κ2) is 7.42. The first-order chi connectivity index (χ1) is 8.89. The fourth-order valence-electron chi connectivity index (χ4n) is 1.50. The summed E-state index contributed by atoms with van der Waals surface area (Å²) in [7, 11) is -2.31. The summed E-state index contributed by atoms with van der Waals surface area (Å²) in [6.07, 6.45) is 0.251. The highest BCUT2D eigenvalue weighted by Gasteiger charge is 2.20. The molecule has 0 saturated carbocycles. The van der Waals surface area contributed by atoms with Crippen LogP contribution in [0.25, 0.3) is 0 Å². The zero-order chi connectivity index (χ0) is 14.5. The van der Waals surface area contributed by atoms with Gasteiger partial charge in [-0.3, -0.25) is 0 Å². The highest BCUT2D eigenvalue weighted by Crippen LogP contribution is 2.22. The Morgan fingerprint density at radius 2 is 1.89 bits per heavy atom. The van der Waals surface area contributed by atoms with Crippen LogP contribution in [0, 0.1) is 0 Å². The molecule has 0 fully saturated rings. The zero-order valence-electron chi connectivity index (χ0n) is 10.3. The highest BCUT2D eigenvalue weighted by atomic mass is 35.5. The molecule has 0 radical (unpaired) electrons. The van der Waals surface area contributed by atoms with Crippen LogP contribution >= 0.6 is 23.2 Å². The van der Waals surface area contributed by atoms with Gasteiger partial charge in [-0.2, -0.15) is 0 Å². The summed E-state index contributed by atoms with van der Waals surface area (Å²) in [5.41, 5.74) is 0. The molecule has 0 bridgehead atoms. The monoisotopic (exact) mass is 327 g/mol. The predicted octanol–water partition coefficient (Wildman–Crippen LogP) is 1.67. The summed E-state index contributed by atoms with van der Waals surface area (Å²) < 4.78 is 31.6.